The lowest BCUT2D eigenvalue weighted by Gasteiger charge is -2.35. The molecule has 242 valence electrons. The van der Waals surface area contributed by atoms with Crippen molar-refractivity contribution in [2.24, 2.45) is 17.6 Å². The molecule has 3 fully saturated rings. The van der Waals surface area contributed by atoms with Gasteiger partial charge in [0.15, 0.2) is 0 Å². The van der Waals surface area contributed by atoms with Gasteiger partial charge in [0.05, 0.1) is 19.1 Å². The molecule has 0 radical (unpaired) electrons. The first kappa shape index (κ1) is 33.4. The average molecular weight is 612 g/mol. The molecular formula is C33H47N4O7-. The summed E-state index contributed by atoms with van der Waals surface area (Å²) >= 11 is 0. The maximum atomic E-state index is 14.1. The van der Waals surface area contributed by atoms with E-state index >= 15 is 0 Å². The van der Waals surface area contributed by atoms with E-state index < -0.39 is 41.3 Å². The molecule has 1 saturated heterocycles. The quantitative estimate of drug-likeness (QED) is 0.253. The summed E-state index contributed by atoms with van der Waals surface area (Å²) in [5.74, 6) is -2.18. The van der Waals surface area contributed by atoms with Crippen molar-refractivity contribution in [1.82, 2.24) is 15.5 Å². The Morgan fingerprint density at radius 1 is 1.02 bits per heavy atom. The first-order valence-corrected chi connectivity index (χ1v) is 16.1. The lowest BCUT2D eigenvalue weighted by Crippen LogP contribution is -2.58. The summed E-state index contributed by atoms with van der Waals surface area (Å²) in [6.07, 6.45) is 8.28. The van der Waals surface area contributed by atoms with Crippen LogP contribution >= 0.6 is 0 Å². The van der Waals surface area contributed by atoms with Gasteiger partial charge in [-0.15, -0.1) is 5.60 Å². The van der Waals surface area contributed by atoms with Gasteiger partial charge in [-0.2, -0.15) is 0 Å². The molecule has 11 nitrogen and oxygen atoms in total. The Hall–Kier alpha value is -3.47. The minimum atomic E-state index is -1.09. The van der Waals surface area contributed by atoms with Crippen LogP contribution in [0.4, 0.5) is 0 Å². The summed E-state index contributed by atoms with van der Waals surface area (Å²) in [5.41, 5.74) is 4.87. The van der Waals surface area contributed by atoms with Crippen molar-refractivity contribution >= 4 is 29.4 Å². The summed E-state index contributed by atoms with van der Waals surface area (Å²) in [4.78, 5) is 66.4. The van der Waals surface area contributed by atoms with E-state index in [-0.39, 0.29) is 36.7 Å². The Bertz CT molecular complexity index is 1200. The van der Waals surface area contributed by atoms with Gasteiger partial charge in [-0.3, -0.25) is 24.0 Å². The molecule has 4 rings (SSSR count). The highest BCUT2D eigenvalue weighted by molar-refractivity contribution is 6.37. The van der Waals surface area contributed by atoms with Crippen LogP contribution in [0.3, 0.4) is 0 Å². The summed E-state index contributed by atoms with van der Waals surface area (Å²) < 4.78 is 5.72. The number of rotatable bonds is 15. The average Bonchev–Trinajstić information content (AvgIpc) is 3.65. The number of nitrogens with zero attached hydrogens (tertiary/aromatic N) is 1. The molecule has 3 atom stereocenters. The molecule has 44 heavy (non-hydrogen) atoms. The molecule has 3 aliphatic rings. The number of carbonyl (C=O) groups excluding carboxylic acids is 5. The number of Topliss-reactive ketones (excluding diaryl/α,β-unsaturated/α-hetero) is 1. The lowest BCUT2D eigenvalue weighted by molar-refractivity contribution is -0.467. The van der Waals surface area contributed by atoms with Crippen molar-refractivity contribution in [2.75, 3.05) is 13.2 Å². The van der Waals surface area contributed by atoms with Gasteiger partial charge >= 0.3 is 0 Å². The Kier molecular flexibility index (Phi) is 11.4. The van der Waals surface area contributed by atoms with Crippen LogP contribution in [0.2, 0.25) is 0 Å². The molecule has 1 heterocycles. The number of benzene rings is 1. The van der Waals surface area contributed by atoms with Crippen LogP contribution in [-0.2, 0) is 30.4 Å². The third-order valence-corrected chi connectivity index (χ3v) is 8.92. The molecule has 0 aromatic heterocycles. The molecule has 2 saturated carbocycles. The van der Waals surface area contributed by atoms with E-state index in [9.17, 15) is 29.1 Å². The monoisotopic (exact) mass is 611 g/mol. The maximum absolute atomic E-state index is 14.1. The molecule has 1 aromatic carbocycles. The zero-order valence-electron chi connectivity index (χ0n) is 26.0. The number of nitrogens with two attached hydrogens (primary N) is 1. The number of likely N-dealkylation sites (tertiary alicyclic amines) is 1. The first-order valence-electron chi connectivity index (χ1n) is 16.1. The van der Waals surface area contributed by atoms with Gasteiger partial charge < -0.3 is 31.1 Å². The van der Waals surface area contributed by atoms with Crippen molar-refractivity contribution in [3.8, 4) is 5.75 Å². The number of nitrogens with one attached hydrogen (secondary N) is 2. The second kappa shape index (κ2) is 15.0. The Labute approximate surface area is 259 Å². The van der Waals surface area contributed by atoms with Crippen LogP contribution in [0.25, 0.3) is 0 Å². The molecule has 0 spiro atoms. The molecule has 2 aliphatic carbocycles. The zero-order chi connectivity index (χ0) is 31.9. The zero-order valence-corrected chi connectivity index (χ0v) is 26.0. The lowest BCUT2D eigenvalue weighted by atomic mass is 9.83. The highest BCUT2D eigenvalue weighted by atomic mass is 16.5. The molecule has 1 aliphatic heterocycles. The number of primary amides is 1. The second-order valence-electron chi connectivity index (χ2n) is 13.3. The Morgan fingerprint density at radius 2 is 1.75 bits per heavy atom. The Morgan fingerprint density at radius 3 is 2.41 bits per heavy atom. The van der Waals surface area contributed by atoms with E-state index in [1.54, 1.807) is 32.0 Å². The van der Waals surface area contributed by atoms with Gasteiger partial charge in [-0.1, -0.05) is 58.1 Å². The van der Waals surface area contributed by atoms with Gasteiger partial charge in [-0.25, -0.2) is 0 Å². The SMILES string of the molecule is CC(C)([O-])CCOc1cccc(CC(=O)NC(C(=O)N2CCC[C@H]2C(=O)NC(CC2CC2)C(=O)C(N)=O)C2CCCCC2)c1. The van der Waals surface area contributed by atoms with E-state index in [4.69, 9.17) is 10.5 Å². The highest BCUT2D eigenvalue weighted by Crippen LogP contribution is 2.34. The number of ketones is 1. The third-order valence-electron chi connectivity index (χ3n) is 8.92. The largest absolute Gasteiger partial charge is 0.850 e. The van der Waals surface area contributed by atoms with Gasteiger partial charge in [-0.05, 0) is 68.1 Å². The van der Waals surface area contributed by atoms with Gasteiger partial charge in [0, 0.05) is 6.54 Å². The molecular weight excluding hydrogens is 564 g/mol. The number of carbonyl (C=O) groups is 5. The number of hydrogen-bond donors (Lipinski definition) is 3. The fraction of sp³-hybridized carbons (Fsp3) is 0.667. The fourth-order valence-electron chi connectivity index (χ4n) is 6.26. The van der Waals surface area contributed by atoms with Crippen molar-refractivity contribution in [3.05, 3.63) is 29.8 Å². The summed E-state index contributed by atoms with van der Waals surface area (Å²) in [6.45, 7) is 3.85. The van der Waals surface area contributed by atoms with Gasteiger partial charge in [0.2, 0.25) is 23.5 Å². The molecule has 2 unspecified atom stereocenters. The third kappa shape index (κ3) is 9.77. The summed E-state index contributed by atoms with van der Waals surface area (Å²) in [5, 5.41) is 17.6. The summed E-state index contributed by atoms with van der Waals surface area (Å²) in [7, 11) is 0. The van der Waals surface area contributed by atoms with Crippen LogP contribution in [-0.4, -0.2) is 71.2 Å². The minimum Gasteiger partial charge on any atom is -0.850 e. The summed E-state index contributed by atoms with van der Waals surface area (Å²) in [6, 6.07) is 4.58. The predicted molar refractivity (Wildman–Crippen MR) is 161 cm³/mol. The number of hydrogen-bond acceptors (Lipinski definition) is 7. The van der Waals surface area contributed by atoms with Crippen LogP contribution in [0.15, 0.2) is 24.3 Å². The normalized spacial score (nSPS) is 20.4. The smallest absolute Gasteiger partial charge is 0.287 e. The minimum absolute atomic E-state index is 0.0444. The van der Waals surface area contributed by atoms with E-state index in [1.165, 1.54) is 4.90 Å². The fourth-order valence-corrected chi connectivity index (χ4v) is 6.26. The van der Waals surface area contributed by atoms with Crippen molar-refractivity contribution in [3.63, 3.8) is 0 Å². The van der Waals surface area contributed by atoms with Crippen LogP contribution in [0.5, 0.6) is 5.75 Å². The predicted octanol–water partition coefficient (Wildman–Crippen LogP) is 1.53. The van der Waals surface area contributed by atoms with E-state index in [0.29, 0.717) is 38.0 Å². The Balaban J connectivity index is 1.42. The molecule has 11 heteroatoms. The highest BCUT2D eigenvalue weighted by Gasteiger charge is 2.42. The molecule has 0 bridgehead atoms. The standard InChI is InChI=1S/C33H47N4O7/c1-33(2,43)15-17-44-24-11-6-8-22(18-24)20-27(38)36-28(23-9-4-3-5-10-23)32(42)37-16-7-12-26(37)31(41)35-25(19-21-13-14-21)29(39)30(34)40/h6,8,11,18,21,23,25-26,28H,3-5,7,9-10,12-17,19-20H2,1-2H3,(H2,34,40)(H,35,41)(H,36,38)/q-1/t25?,26-,28?/m0/s1. The van der Waals surface area contributed by atoms with Crippen molar-refractivity contribution in [2.45, 2.75) is 115 Å². The second-order valence-corrected chi connectivity index (χ2v) is 13.3. The van der Waals surface area contributed by atoms with E-state index in [1.807, 2.05) is 6.07 Å². The maximum Gasteiger partial charge on any atom is 0.287 e. The van der Waals surface area contributed by atoms with E-state index in [2.05, 4.69) is 10.6 Å². The molecule has 4 N–H and O–H groups in total. The molecule has 4 amide bonds. The number of amides is 4. The van der Waals surface area contributed by atoms with Crippen LogP contribution in [0.1, 0.15) is 90.0 Å². The van der Waals surface area contributed by atoms with Gasteiger partial charge in [0.25, 0.3) is 5.91 Å². The van der Waals surface area contributed by atoms with Crippen LogP contribution in [0, 0.1) is 11.8 Å². The first-order chi connectivity index (χ1) is 20.9. The van der Waals surface area contributed by atoms with E-state index in [0.717, 1.165) is 50.5 Å². The van der Waals surface area contributed by atoms with Crippen molar-refractivity contribution in [1.29, 1.82) is 0 Å². The van der Waals surface area contributed by atoms with Crippen molar-refractivity contribution < 1.29 is 33.8 Å². The van der Waals surface area contributed by atoms with Gasteiger partial charge in [0.1, 0.15) is 17.8 Å². The number of ether oxygens (including phenoxy) is 1. The topological polar surface area (TPSA) is 171 Å². The van der Waals surface area contributed by atoms with Crippen LogP contribution < -0.4 is 26.2 Å². The molecule has 1 aromatic rings.